The van der Waals surface area contributed by atoms with E-state index >= 15 is 0 Å². The van der Waals surface area contributed by atoms with Gasteiger partial charge in [0.15, 0.2) is 17.3 Å². The zero-order valence-corrected chi connectivity index (χ0v) is 10.2. The zero-order valence-electron chi connectivity index (χ0n) is 10.2. The van der Waals surface area contributed by atoms with E-state index in [9.17, 15) is 9.18 Å². The molecule has 2 rings (SSSR count). The highest BCUT2D eigenvalue weighted by molar-refractivity contribution is 5.96. The molecular formula is C15H13FO2. The molecule has 0 radical (unpaired) electrons. The Morgan fingerprint density at radius 2 is 1.89 bits per heavy atom. The number of para-hydroxylation sites is 1. The van der Waals surface area contributed by atoms with Gasteiger partial charge in [0, 0.05) is 0 Å². The van der Waals surface area contributed by atoms with E-state index < -0.39 is 5.82 Å². The Morgan fingerprint density at radius 3 is 2.56 bits per heavy atom. The maximum absolute atomic E-state index is 13.7. The SMILES string of the molecule is CC(=O)c1cccc(F)c1Oc1cccc(C)c1. The number of hydrogen-bond donors (Lipinski definition) is 0. The summed E-state index contributed by atoms with van der Waals surface area (Å²) in [4.78, 5) is 11.4. The van der Waals surface area contributed by atoms with Gasteiger partial charge in [-0.25, -0.2) is 4.39 Å². The standard InChI is InChI=1S/C15H13FO2/c1-10-5-3-6-12(9-10)18-15-13(11(2)17)7-4-8-14(15)16/h3-9H,1-2H3. The molecule has 0 N–H and O–H groups in total. The Kier molecular flexibility index (Phi) is 3.42. The van der Waals surface area contributed by atoms with Gasteiger partial charge in [-0.15, -0.1) is 0 Å². The van der Waals surface area contributed by atoms with Gasteiger partial charge in [-0.05, 0) is 43.7 Å². The van der Waals surface area contributed by atoms with Crippen LogP contribution in [0.15, 0.2) is 42.5 Å². The molecule has 0 saturated carbocycles. The van der Waals surface area contributed by atoms with Gasteiger partial charge >= 0.3 is 0 Å². The van der Waals surface area contributed by atoms with Gasteiger partial charge in [-0.1, -0.05) is 18.2 Å². The Bertz CT molecular complexity index is 591. The molecule has 0 bridgehead atoms. The summed E-state index contributed by atoms with van der Waals surface area (Å²) in [6, 6.07) is 11.6. The molecule has 0 heterocycles. The summed E-state index contributed by atoms with van der Waals surface area (Å²) in [6.45, 7) is 3.30. The van der Waals surface area contributed by atoms with Crippen LogP contribution in [0.5, 0.6) is 11.5 Å². The second-order valence-corrected chi connectivity index (χ2v) is 4.09. The molecule has 2 aromatic rings. The number of rotatable bonds is 3. The minimum atomic E-state index is -0.538. The number of halogens is 1. The fraction of sp³-hybridized carbons (Fsp3) is 0.133. The number of carbonyl (C=O) groups excluding carboxylic acids is 1. The summed E-state index contributed by atoms with van der Waals surface area (Å²) >= 11 is 0. The highest BCUT2D eigenvalue weighted by Crippen LogP contribution is 2.29. The summed E-state index contributed by atoms with van der Waals surface area (Å²) < 4.78 is 19.2. The smallest absolute Gasteiger partial charge is 0.173 e. The highest BCUT2D eigenvalue weighted by Gasteiger charge is 2.14. The first-order valence-electron chi connectivity index (χ1n) is 5.62. The Morgan fingerprint density at radius 1 is 1.17 bits per heavy atom. The first-order chi connectivity index (χ1) is 8.58. The van der Waals surface area contributed by atoms with Gasteiger partial charge in [0.05, 0.1) is 5.56 Å². The second-order valence-electron chi connectivity index (χ2n) is 4.09. The quantitative estimate of drug-likeness (QED) is 0.759. The Balaban J connectivity index is 2.42. The van der Waals surface area contributed by atoms with Crippen LogP contribution in [0.25, 0.3) is 0 Å². The monoisotopic (exact) mass is 244 g/mol. The number of carbonyl (C=O) groups is 1. The molecule has 0 spiro atoms. The van der Waals surface area contributed by atoms with Crippen molar-refractivity contribution in [1.29, 1.82) is 0 Å². The molecule has 2 aromatic carbocycles. The average molecular weight is 244 g/mol. The van der Waals surface area contributed by atoms with E-state index in [0.29, 0.717) is 5.75 Å². The molecule has 18 heavy (non-hydrogen) atoms. The fourth-order valence-corrected chi connectivity index (χ4v) is 1.69. The van der Waals surface area contributed by atoms with E-state index in [-0.39, 0.29) is 17.1 Å². The van der Waals surface area contributed by atoms with Gasteiger partial charge in [-0.2, -0.15) is 0 Å². The van der Waals surface area contributed by atoms with Crippen LogP contribution in [0.3, 0.4) is 0 Å². The van der Waals surface area contributed by atoms with Crippen LogP contribution in [-0.2, 0) is 0 Å². The van der Waals surface area contributed by atoms with Crippen LogP contribution < -0.4 is 4.74 Å². The van der Waals surface area contributed by atoms with Crippen molar-refractivity contribution in [3.63, 3.8) is 0 Å². The predicted molar refractivity (Wildman–Crippen MR) is 67.7 cm³/mol. The van der Waals surface area contributed by atoms with E-state index in [1.165, 1.54) is 19.1 Å². The van der Waals surface area contributed by atoms with Crippen LogP contribution in [0, 0.1) is 12.7 Å². The minimum absolute atomic E-state index is 0.0180. The van der Waals surface area contributed by atoms with Crippen molar-refractivity contribution in [3.8, 4) is 11.5 Å². The number of ether oxygens (including phenoxy) is 1. The molecule has 0 unspecified atom stereocenters. The largest absolute Gasteiger partial charge is 0.454 e. The van der Waals surface area contributed by atoms with Crippen molar-refractivity contribution in [2.45, 2.75) is 13.8 Å². The van der Waals surface area contributed by atoms with E-state index in [1.54, 1.807) is 18.2 Å². The predicted octanol–water partition coefficient (Wildman–Crippen LogP) is 4.13. The zero-order chi connectivity index (χ0) is 13.1. The topological polar surface area (TPSA) is 26.3 Å². The highest BCUT2D eigenvalue weighted by atomic mass is 19.1. The molecule has 0 aliphatic heterocycles. The number of benzene rings is 2. The summed E-state index contributed by atoms with van der Waals surface area (Å²) in [5.41, 5.74) is 1.25. The maximum Gasteiger partial charge on any atom is 0.173 e. The van der Waals surface area contributed by atoms with Gasteiger partial charge in [0.1, 0.15) is 5.75 Å². The van der Waals surface area contributed by atoms with Crippen LogP contribution in [-0.4, -0.2) is 5.78 Å². The lowest BCUT2D eigenvalue weighted by Gasteiger charge is -2.10. The normalized spacial score (nSPS) is 10.2. The van der Waals surface area contributed by atoms with Gasteiger partial charge in [0.2, 0.25) is 0 Å². The molecule has 92 valence electrons. The van der Waals surface area contributed by atoms with Crippen molar-refractivity contribution >= 4 is 5.78 Å². The summed E-state index contributed by atoms with van der Waals surface area (Å²) in [5.74, 6) is -0.264. The third-order valence-corrected chi connectivity index (χ3v) is 2.56. The van der Waals surface area contributed by atoms with Gasteiger partial charge in [0.25, 0.3) is 0 Å². The summed E-state index contributed by atoms with van der Waals surface area (Å²) in [7, 11) is 0. The average Bonchev–Trinajstić information content (AvgIpc) is 2.31. The molecular weight excluding hydrogens is 231 g/mol. The maximum atomic E-state index is 13.7. The van der Waals surface area contributed by atoms with E-state index in [2.05, 4.69) is 0 Å². The van der Waals surface area contributed by atoms with Crippen LogP contribution in [0.2, 0.25) is 0 Å². The third-order valence-electron chi connectivity index (χ3n) is 2.56. The van der Waals surface area contributed by atoms with E-state index in [0.717, 1.165) is 5.56 Å². The molecule has 0 fully saturated rings. The molecule has 0 amide bonds. The second kappa shape index (κ2) is 5.00. The van der Waals surface area contributed by atoms with Crippen molar-refractivity contribution < 1.29 is 13.9 Å². The fourth-order valence-electron chi connectivity index (χ4n) is 1.69. The van der Waals surface area contributed by atoms with Crippen LogP contribution in [0.4, 0.5) is 4.39 Å². The lowest BCUT2D eigenvalue weighted by molar-refractivity contribution is 0.101. The molecule has 0 atom stereocenters. The molecule has 2 nitrogen and oxygen atoms in total. The Hall–Kier alpha value is -2.16. The number of Topliss-reactive ketones (excluding diaryl/α,β-unsaturated/α-hetero) is 1. The number of aryl methyl sites for hydroxylation is 1. The number of hydrogen-bond acceptors (Lipinski definition) is 2. The lowest BCUT2D eigenvalue weighted by Crippen LogP contribution is -1.99. The lowest BCUT2D eigenvalue weighted by atomic mass is 10.1. The minimum Gasteiger partial charge on any atom is -0.454 e. The van der Waals surface area contributed by atoms with Crippen molar-refractivity contribution in [1.82, 2.24) is 0 Å². The third kappa shape index (κ3) is 2.56. The van der Waals surface area contributed by atoms with Crippen molar-refractivity contribution in [2.75, 3.05) is 0 Å². The van der Waals surface area contributed by atoms with Crippen molar-refractivity contribution in [2.24, 2.45) is 0 Å². The van der Waals surface area contributed by atoms with Crippen LogP contribution >= 0.6 is 0 Å². The summed E-state index contributed by atoms with van der Waals surface area (Å²) in [6.07, 6.45) is 0. The molecule has 0 aliphatic carbocycles. The van der Waals surface area contributed by atoms with Gasteiger partial charge in [-0.3, -0.25) is 4.79 Å². The first-order valence-corrected chi connectivity index (χ1v) is 5.62. The van der Waals surface area contributed by atoms with E-state index in [4.69, 9.17) is 4.74 Å². The molecule has 0 saturated heterocycles. The molecule has 3 heteroatoms. The number of ketones is 1. The Labute approximate surface area is 105 Å². The van der Waals surface area contributed by atoms with E-state index in [1.807, 2.05) is 19.1 Å². The molecule has 0 aliphatic rings. The first kappa shape index (κ1) is 12.3. The van der Waals surface area contributed by atoms with Crippen molar-refractivity contribution in [3.05, 3.63) is 59.4 Å². The van der Waals surface area contributed by atoms with Crippen LogP contribution in [0.1, 0.15) is 22.8 Å². The van der Waals surface area contributed by atoms with Gasteiger partial charge < -0.3 is 4.74 Å². The summed E-state index contributed by atoms with van der Waals surface area (Å²) in [5, 5.41) is 0. The molecule has 0 aromatic heterocycles.